The van der Waals surface area contributed by atoms with Gasteiger partial charge in [-0.3, -0.25) is 9.69 Å². The molecule has 1 unspecified atom stereocenters. The molecule has 2 aromatic carbocycles. The second-order valence-electron chi connectivity index (χ2n) is 7.49. The van der Waals surface area contributed by atoms with Crippen LogP contribution in [0.4, 0.5) is 0 Å². The second kappa shape index (κ2) is 9.67. The minimum absolute atomic E-state index is 0.0111. The van der Waals surface area contributed by atoms with Crippen molar-refractivity contribution in [1.29, 1.82) is 0 Å². The second-order valence-corrected chi connectivity index (χ2v) is 7.49. The van der Waals surface area contributed by atoms with Crippen molar-refractivity contribution >= 4 is 5.91 Å². The van der Waals surface area contributed by atoms with Gasteiger partial charge in [-0.15, -0.1) is 0 Å². The molecular formula is C23H30N2O2. The zero-order valence-electron chi connectivity index (χ0n) is 16.4. The molecule has 2 aromatic rings. The molecule has 144 valence electrons. The van der Waals surface area contributed by atoms with Crippen LogP contribution in [0.2, 0.25) is 0 Å². The Hall–Kier alpha value is -2.17. The third-order valence-corrected chi connectivity index (χ3v) is 5.13. The fourth-order valence-electron chi connectivity index (χ4n) is 3.49. The lowest BCUT2D eigenvalue weighted by Crippen LogP contribution is -2.47. The normalized spacial score (nSPS) is 16.8. The number of benzene rings is 2. The van der Waals surface area contributed by atoms with Gasteiger partial charge in [0.1, 0.15) is 6.10 Å². The Labute approximate surface area is 162 Å². The van der Waals surface area contributed by atoms with Crippen molar-refractivity contribution in [2.24, 2.45) is 0 Å². The number of carbonyl (C=O) groups is 1. The lowest BCUT2D eigenvalue weighted by atomic mass is 10.0. The quantitative estimate of drug-likeness (QED) is 0.813. The molecule has 1 N–H and O–H groups in total. The van der Waals surface area contributed by atoms with Gasteiger partial charge in [-0.2, -0.15) is 0 Å². The number of amides is 1. The van der Waals surface area contributed by atoms with Crippen molar-refractivity contribution < 1.29 is 9.53 Å². The van der Waals surface area contributed by atoms with Crippen molar-refractivity contribution in [3.8, 4) is 0 Å². The van der Waals surface area contributed by atoms with Crippen molar-refractivity contribution in [3.05, 3.63) is 71.3 Å². The van der Waals surface area contributed by atoms with Crippen molar-refractivity contribution in [3.63, 3.8) is 0 Å². The van der Waals surface area contributed by atoms with Crippen LogP contribution in [0.15, 0.2) is 54.6 Å². The van der Waals surface area contributed by atoms with E-state index in [1.807, 2.05) is 37.3 Å². The largest absolute Gasteiger partial charge is 0.364 e. The van der Waals surface area contributed by atoms with Crippen LogP contribution in [0.1, 0.15) is 36.5 Å². The van der Waals surface area contributed by atoms with E-state index >= 15 is 0 Å². The molecule has 1 saturated heterocycles. The molecule has 0 saturated carbocycles. The molecule has 4 nitrogen and oxygen atoms in total. The predicted octanol–water partition coefficient (Wildman–Crippen LogP) is 3.68. The van der Waals surface area contributed by atoms with Gasteiger partial charge < -0.3 is 10.1 Å². The molecule has 27 heavy (non-hydrogen) atoms. The summed E-state index contributed by atoms with van der Waals surface area (Å²) in [4.78, 5) is 14.9. The van der Waals surface area contributed by atoms with Crippen LogP contribution in [0.25, 0.3) is 0 Å². The van der Waals surface area contributed by atoms with Crippen molar-refractivity contribution in [2.45, 2.75) is 52.0 Å². The van der Waals surface area contributed by atoms with Crippen LogP contribution in [-0.2, 0) is 22.7 Å². The third-order valence-electron chi connectivity index (χ3n) is 5.13. The van der Waals surface area contributed by atoms with Crippen molar-refractivity contribution in [1.82, 2.24) is 10.2 Å². The number of nitrogens with zero attached hydrogens (tertiary/aromatic N) is 1. The van der Waals surface area contributed by atoms with Crippen LogP contribution in [-0.4, -0.2) is 36.0 Å². The van der Waals surface area contributed by atoms with Gasteiger partial charge in [0.2, 0.25) is 5.91 Å². The maximum Gasteiger partial charge on any atom is 0.249 e. The van der Waals surface area contributed by atoms with Gasteiger partial charge in [0, 0.05) is 25.7 Å². The Morgan fingerprint density at radius 2 is 1.81 bits per heavy atom. The minimum atomic E-state index is -0.435. The van der Waals surface area contributed by atoms with Crippen LogP contribution in [0.5, 0.6) is 0 Å². The monoisotopic (exact) mass is 366 g/mol. The molecular weight excluding hydrogens is 336 g/mol. The summed E-state index contributed by atoms with van der Waals surface area (Å²) in [5, 5.41) is 3.16. The maximum atomic E-state index is 12.4. The highest BCUT2D eigenvalue weighted by atomic mass is 16.5. The average molecular weight is 367 g/mol. The van der Waals surface area contributed by atoms with E-state index < -0.39 is 6.10 Å². The summed E-state index contributed by atoms with van der Waals surface area (Å²) in [5.41, 5.74) is 3.75. The lowest BCUT2D eigenvalue weighted by Gasteiger charge is -2.33. The van der Waals surface area contributed by atoms with Gasteiger partial charge in [0.25, 0.3) is 0 Å². The predicted molar refractivity (Wildman–Crippen MR) is 108 cm³/mol. The van der Waals surface area contributed by atoms with Crippen molar-refractivity contribution in [2.75, 3.05) is 13.1 Å². The van der Waals surface area contributed by atoms with E-state index in [1.54, 1.807) is 0 Å². The minimum Gasteiger partial charge on any atom is -0.364 e. The van der Waals surface area contributed by atoms with Gasteiger partial charge >= 0.3 is 0 Å². The van der Waals surface area contributed by atoms with E-state index in [1.165, 1.54) is 11.1 Å². The molecule has 1 aliphatic heterocycles. The first-order valence-corrected chi connectivity index (χ1v) is 9.84. The summed E-state index contributed by atoms with van der Waals surface area (Å²) in [7, 11) is 0. The number of rotatable bonds is 7. The summed E-state index contributed by atoms with van der Waals surface area (Å²) < 4.78 is 5.72. The van der Waals surface area contributed by atoms with E-state index in [2.05, 4.69) is 41.4 Å². The first-order chi connectivity index (χ1) is 13.1. The highest BCUT2D eigenvalue weighted by Crippen LogP contribution is 2.15. The van der Waals surface area contributed by atoms with Gasteiger partial charge in [0.15, 0.2) is 0 Å². The van der Waals surface area contributed by atoms with Crippen LogP contribution >= 0.6 is 0 Å². The average Bonchev–Trinajstić information content (AvgIpc) is 2.68. The van der Waals surface area contributed by atoms with Crippen LogP contribution < -0.4 is 5.32 Å². The van der Waals surface area contributed by atoms with E-state index in [9.17, 15) is 4.79 Å². The summed E-state index contributed by atoms with van der Waals surface area (Å²) in [6.07, 6.45) is 1.54. The number of hydrogen-bond acceptors (Lipinski definition) is 3. The summed E-state index contributed by atoms with van der Waals surface area (Å²) >= 11 is 0. The number of nitrogens with one attached hydrogen (secondary N) is 1. The molecule has 0 aliphatic carbocycles. The number of ether oxygens (including phenoxy) is 1. The Morgan fingerprint density at radius 1 is 1.11 bits per heavy atom. The molecule has 3 rings (SSSR count). The molecule has 0 bridgehead atoms. The first-order valence-electron chi connectivity index (χ1n) is 9.84. The van der Waals surface area contributed by atoms with Gasteiger partial charge in [-0.25, -0.2) is 0 Å². The van der Waals surface area contributed by atoms with Gasteiger partial charge in [-0.1, -0.05) is 60.2 Å². The molecule has 1 amide bonds. The van der Waals surface area contributed by atoms with Crippen LogP contribution in [0, 0.1) is 6.92 Å². The number of piperidine rings is 1. The zero-order valence-corrected chi connectivity index (χ0v) is 16.4. The molecule has 0 radical (unpaired) electrons. The Kier molecular flexibility index (Phi) is 7.02. The van der Waals surface area contributed by atoms with Crippen LogP contribution in [0.3, 0.4) is 0 Å². The Balaban J connectivity index is 1.38. The Morgan fingerprint density at radius 3 is 2.52 bits per heavy atom. The van der Waals surface area contributed by atoms with Gasteiger partial charge in [0.05, 0.1) is 6.61 Å². The fourth-order valence-corrected chi connectivity index (χ4v) is 3.49. The molecule has 4 heteroatoms. The lowest BCUT2D eigenvalue weighted by molar-refractivity contribution is -0.133. The number of hydrogen-bond donors (Lipinski definition) is 1. The summed E-state index contributed by atoms with van der Waals surface area (Å²) in [6.45, 7) is 7.43. The molecule has 1 fully saturated rings. The molecule has 0 spiro atoms. The van der Waals surface area contributed by atoms with E-state index in [0.29, 0.717) is 6.61 Å². The van der Waals surface area contributed by atoms with E-state index in [0.717, 1.165) is 38.0 Å². The number of carbonyl (C=O) groups excluding carboxylic acids is 1. The first kappa shape index (κ1) is 19.6. The molecule has 0 aromatic heterocycles. The van der Waals surface area contributed by atoms with E-state index in [4.69, 9.17) is 4.74 Å². The SMILES string of the molecule is Cc1cccc(CN2CCC(NC(=O)C(C)OCc3ccccc3)CC2)c1. The third kappa shape index (κ3) is 6.19. The molecule has 1 heterocycles. The zero-order chi connectivity index (χ0) is 19.1. The van der Waals surface area contributed by atoms with Gasteiger partial charge in [-0.05, 0) is 37.8 Å². The topological polar surface area (TPSA) is 41.6 Å². The standard InChI is InChI=1S/C23H30N2O2/c1-18-7-6-10-21(15-18)16-25-13-11-22(12-14-25)24-23(26)19(2)27-17-20-8-4-3-5-9-20/h3-10,15,19,22H,11-14,16-17H2,1-2H3,(H,24,26). The highest BCUT2D eigenvalue weighted by Gasteiger charge is 2.23. The van der Waals surface area contributed by atoms with E-state index in [-0.39, 0.29) is 11.9 Å². The smallest absolute Gasteiger partial charge is 0.249 e. The molecule has 1 atom stereocenters. The number of aryl methyl sites for hydroxylation is 1. The number of likely N-dealkylation sites (tertiary alicyclic amines) is 1. The molecule has 1 aliphatic rings. The maximum absolute atomic E-state index is 12.4. The summed E-state index contributed by atoms with van der Waals surface area (Å²) in [6, 6.07) is 18.9. The fraction of sp³-hybridized carbons (Fsp3) is 0.435. The Bertz CT molecular complexity index is 724. The summed E-state index contributed by atoms with van der Waals surface area (Å²) in [5.74, 6) is -0.0111. The highest BCUT2D eigenvalue weighted by molar-refractivity contribution is 5.80.